The number of allylic oxidation sites excluding steroid dienone is 1. The zero-order chi connectivity index (χ0) is 13.2. The van der Waals surface area contributed by atoms with Crippen molar-refractivity contribution >= 4 is 34.9 Å². The number of fused-ring (bicyclic) bond motifs is 1. The van der Waals surface area contributed by atoms with Crippen LogP contribution in [0.1, 0.15) is 0 Å². The number of aromatic nitrogens is 3. The molecule has 2 heterocycles. The molecule has 1 aliphatic heterocycles. The van der Waals surface area contributed by atoms with Crippen molar-refractivity contribution < 1.29 is 9.63 Å². The molecule has 19 heavy (non-hydrogen) atoms. The van der Waals surface area contributed by atoms with Crippen LogP contribution in [-0.2, 0) is 0 Å². The molecule has 1 aliphatic rings. The van der Waals surface area contributed by atoms with Crippen molar-refractivity contribution in [3.63, 3.8) is 0 Å². The first kappa shape index (κ1) is 11.7. The third kappa shape index (κ3) is 2.27. The third-order valence-electron chi connectivity index (χ3n) is 2.47. The second kappa shape index (κ2) is 4.69. The van der Waals surface area contributed by atoms with Crippen LogP contribution in [0.25, 0.3) is 11.0 Å². The molecule has 0 saturated carbocycles. The van der Waals surface area contributed by atoms with E-state index in [1.165, 1.54) is 4.90 Å². The van der Waals surface area contributed by atoms with Crippen molar-refractivity contribution in [3.8, 4) is 0 Å². The van der Waals surface area contributed by atoms with Gasteiger partial charge in [-0.1, -0.05) is 16.4 Å². The highest BCUT2D eigenvalue weighted by Gasteiger charge is 2.16. The molecule has 8 heteroatoms. The third-order valence-corrected chi connectivity index (χ3v) is 2.70. The molecule has 0 N–H and O–H groups in total. The Morgan fingerprint density at radius 2 is 2.32 bits per heavy atom. The summed E-state index contributed by atoms with van der Waals surface area (Å²) in [5.74, 6) is 0. The maximum absolute atomic E-state index is 11.9. The Labute approximate surface area is 112 Å². The molecule has 0 radical (unpaired) electrons. The number of carbonyl (C=O) groups is 1. The Kier molecular flexibility index (Phi) is 2.88. The minimum absolute atomic E-state index is 0.211. The van der Waals surface area contributed by atoms with Gasteiger partial charge in [-0.05, 0) is 29.5 Å². The lowest BCUT2D eigenvalue weighted by Gasteiger charge is -2.16. The molecule has 0 aliphatic carbocycles. The van der Waals surface area contributed by atoms with E-state index in [1.54, 1.807) is 36.7 Å². The van der Waals surface area contributed by atoms with Crippen LogP contribution >= 0.6 is 11.6 Å². The van der Waals surface area contributed by atoms with Gasteiger partial charge >= 0.3 is 6.09 Å². The average molecular weight is 278 g/mol. The second-order valence-corrected chi connectivity index (χ2v) is 4.17. The summed E-state index contributed by atoms with van der Waals surface area (Å²) in [5, 5.41) is 8.12. The maximum Gasteiger partial charge on any atom is 0.441 e. The van der Waals surface area contributed by atoms with E-state index in [4.69, 9.17) is 16.4 Å². The van der Waals surface area contributed by atoms with Crippen molar-refractivity contribution in [2.24, 2.45) is 4.99 Å². The fourth-order valence-corrected chi connectivity index (χ4v) is 1.74. The van der Waals surface area contributed by atoms with E-state index in [9.17, 15) is 4.79 Å². The molecule has 1 aromatic heterocycles. The maximum atomic E-state index is 11.9. The quantitative estimate of drug-likeness (QED) is 0.740. The second-order valence-electron chi connectivity index (χ2n) is 3.74. The van der Waals surface area contributed by atoms with Gasteiger partial charge in [0.25, 0.3) is 0 Å². The Morgan fingerprint density at radius 3 is 3.11 bits per heavy atom. The molecule has 3 rings (SSSR count). The molecule has 0 atom stereocenters. The standard InChI is InChI=1S/C11H8ClN5O2/c12-8-2-3-9-10(6-8)17(15-14-9)19-11(18)16-5-1-4-13-7-16/h1-6H,7H2. The topological polar surface area (TPSA) is 72.6 Å². The van der Waals surface area contributed by atoms with Gasteiger partial charge in [0.2, 0.25) is 0 Å². The summed E-state index contributed by atoms with van der Waals surface area (Å²) < 4.78 is 0. The van der Waals surface area contributed by atoms with Crippen molar-refractivity contribution in [3.05, 3.63) is 35.5 Å². The van der Waals surface area contributed by atoms with E-state index in [0.717, 1.165) is 4.85 Å². The van der Waals surface area contributed by atoms with E-state index in [-0.39, 0.29) is 6.67 Å². The fraction of sp³-hybridized carbons (Fsp3) is 0.0909. The summed E-state index contributed by atoms with van der Waals surface area (Å²) in [6.07, 6.45) is 4.22. The van der Waals surface area contributed by atoms with Crippen molar-refractivity contribution in [2.45, 2.75) is 0 Å². The number of hydrogen-bond acceptors (Lipinski definition) is 5. The molecule has 0 unspecified atom stereocenters. The van der Waals surface area contributed by atoms with Crippen LogP contribution in [0.5, 0.6) is 0 Å². The first-order valence-electron chi connectivity index (χ1n) is 5.40. The number of rotatable bonds is 1. The summed E-state index contributed by atoms with van der Waals surface area (Å²) in [6, 6.07) is 5.00. The number of aliphatic imine (C=N–C) groups is 1. The highest BCUT2D eigenvalue weighted by atomic mass is 35.5. The van der Waals surface area contributed by atoms with Gasteiger partial charge in [-0.25, -0.2) is 4.79 Å². The average Bonchev–Trinajstić information content (AvgIpc) is 2.82. The number of hydrogen-bond donors (Lipinski definition) is 0. The monoisotopic (exact) mass is 277 g/mol. The van der Waals surface area contributed by atoms with Gasteiger partial charge in [-0.2, -0.15) is 0 Å². The summed E-state index contributed by atoms with van der Waals surface area (Å²) in [7, 11) is 0. The predicted octanol–water partition coefficient (Wildman–Crippen LogP) is 1.49. The van der Waals surface area contributed by atoms with Crippen LogP contribution in [0.15, 0.2) is 35.5 Å². The molecule has 2 aromatic rings. The van der Waals surface area contributed by atoms with Gasteiger partial charge in [0.15, 0.2) is 0 Å². The molecular weight excluding hydrogens is 270 g/mol. The Hall–Kier alpha value is -2.41. The van der Waals surface area contributed by atoms with E-state index >= 15 is 0 Å². The van der Waals surface area contributed by atoms with Crippen molar-refractivity contribution in [2.75, 3.05) is 6.67 Å². The van der Waals surface area contributed by atoms with Crippen molar-refractivity contribution in [1.82, 2.24) is 20.1 Å². The SMILES string of the molecule is O=C(On1nnc2ccc(Cl)cc21)N1C=CC=NC1. The van der Waals surface area contributed by atoms with E-state index in [1.807, 2.05) is 0 Å². The molecule has 1 aromatic carbocycles. The Bertz CT molecular complexity index is 693. The largest absolute Gasteiger partial charge is 0.441 e. The number of halogens is 1. The van der Waals surface area contributed by atoms with Crippen LogP contribution in [0.3, 0.4) is 0 Å². The molecular formula is C11H8ClN5O2. The molecule has 0 bridgehead atoms. The van der Waals surface area contributed by atoms with Crippen LogP contribution < -0.4 is 4.84 Å². The van der Waals surface area contributed by atoms with Gasteiger partial charge in [-0.3, -0.25) is 14.7 Å². The number of carbonyl (C=O) groups excluding carboxylic acids is 1. The van der Waals surface area contributed by atoms with Crippen LogP contribution in [0, 0.1) is 0 Å². The number of benzene rings is 1. The fourth-order valence-electron chi connectivity index (χ4n) is 1.57. The van der Waals surface area contributed by atoms with E-state index in [0.29, 0.717) is 16.1 Å². The molecule has 7 nitrogen and oxygen atoms in total. The van der Waals surface area contributed by atoms with Gasteiger partial charge < -0.3 is 0 Å². The normalized spacial score (nSPS) is 14.1. The molecule has 0 fully saturated rings. The van der Waals surface area contributed by atoms with Gasteiger partial charge in [-0.15, -0.1) is 5.10 Å². The first-order valence-corrected chi connectivity index (χ1v) is 5.78. The smallest absolute Gasteiger partial charge is 0.297 e. The highest BCUT2D eigenvalue weighted by molar-refractivity contribution is 6.31. The minimum atomic E-state index is -0.597. The Balaban J connectivity index is 1.85. The summed E-state index contributed by atoms with van der Waals surface area (Å²) in [6.45, 7) is 0.211. The summed E-state index contributed by atoms with van der Waals surface area (Å²) in [4.78, 5) is 23.2. The van der Waals surface area contributed by atoms with Crippen LogP contribution in [0.4, 0.5) is 4.79 Å². The zero-order valence-electron chi connectivity index (χ0n) is 9.60. The molecule has 1 amide bonds. The van der Waals surface area contributed by atoms with Gasteiger partial charge in [0, 0.05) is 17.4 Å². The Morgan fingerprint density at radius 1 is 1.42 bits per heavy atom. The highest BCUT2D eigenvalue weighted by Crippen LogP contribution is 2.16. The summed E-state index contributed by atoms with van der Waals surface area (Å²) >= 11 is 5.88. The van der Waals surface area contributed by atoms with Crippen LogP contribution in [-0.4, -0.2) is 39.0 Å². The van der Waals surface area contributed by atoms with Gasteiger partial charge in [0.05, 0.1) is 0 Å². The minimum Gasteiger partial charge on any atom is -0.297 e. The number of amides is 1. The number of nitrogens with zero attached hydrogens (tertiary/aromatic N) is 5. The van der Waals surface area contributed by atoms with E-state index < -0.39 is 6.09 Å². The predicted molar refractivity (Wildman–Crippen MR) is 68.9 cm³/mol. The first-order chi connectivity index (χ1) is 9.24. The lowest BCUT2D eigenvalue weighted by atomic mass is 10.3. The van der Waals surface area contributed by atoms with Crippen LogP contribution in [0.2, 0.25) is 5.02 Å². The lowest BCUT2D eigenvalue weighted by Crippen LogP contribution is -2.34. The lowest BCUT2D eigenvalue weighted by molar-refractivity contribution is 0.0941. The van der Waals surface area contributed by atoms with E-state index in [2.05, 4.69) is 15.3 Å². The zero-order valence-corrected chi connectivity index (χ0v) is 10.4. The molecule has 96 valence electrons. The molecule has 0 spiro atoms. The summed E-state index contributed by atoms with van der Waals surface area (Å²) in [5.41, 5.74) is 1.11. The molecule has 0 saturated heterocycles. The van der Waals surface area contributed by atoms with Crippen molar-refractivity contribution in [1.29, 1.82) is 0 Å². The van der Waals surface area contributed by atoms with Gasteiger partial charge in [0.1, 0.15) is 17.7 Å².